The second-order valence-corrected chi connectivity index (χ2v) is 5.19. The molecular formula is C17H22O4. The molecule has 4 nitrogen and oxygen atoms in total. The number of carboxylic acid groups (broad SMARTS) is 1. The molecule has 0 aromatic rings. The monoisotopic (exact) mass is 290 g/mol. The van der Waals surface area contributed by atoms with Crippen molar-refractivity contribution in [1.29, 1.82) is 0 Å². The van der Waals surface area contributed by atoms with Gasteiger partial charge in [-0.1, -0.05) is 36.3 Å². The fourth-order valence-corrected chi connectivity index (χ4v) is 2.05. The molecule has 1 N–H and O–H groups in total. The first-order chi connectivity index (χ1) is 9.94. The summed E-state index contributed by atoms with van der Waals surface area (Å²) in [6, 6.07) is 0. The second-order valence-electron chi connectivity index (χ2n) is 5.19. The van der Waals surface area contributed by atoms with Gasteiger partial charge in [0.1, 0.15) is 6.10 Å². The lowest BCUT2D eigenvalue weighted by atomic mass is 10.1. The van der Waals surface area contributed by atoms with Crippen molar-refractivity contribution in [3.05, 3.63) is 36.5 Å². The molecule has 1 saturated heterocycles. The number of terminal acetylenes is 1. The Balaban J connectivity index is 2.52. The Bertz CT molecular complexity index is 466. The summed E-state index contributed by atoms with van der Waals surface area (Å²) in [5, 5.41) is 8.57. The highest BCUT2D eigenvalue weighted by Gasteiger charge is 2.38. The summed E-state index contributed by atoms with van der Waals surface area (Å²) < 4.78 is 11.7. The zero-order valence-electron chi connectivity index (χ0n) is 12.5. The lowest BCUT2D eigenvalue weighted by Crippen LogP contribution is -2.21. The van der Waals surface area contributed by atoms with Gasteiger partial charge in [0, 0.05) is 6.42 Å². The van der Waals surface area contributed by atoms with E-state index in [1.54, 1.807) is 12.2 Å². The Morgan fingerprint density at radius 3 is 2.76 bits per heavy atom. The van der Waals surface area contributed by atoms with Crippen molar-refractivity contribution in [2.45, 2.75) is 51.1 Å². The van der Waals surface area contributed by atoms with Crippen molar-refractivity contribution in [3.63, 3.8) is 0 Å². The van der Waals surface area contributed by atoms with Gasteiger partial charge >= 0.3 is 5.97 Å². The molecule has 1 rings (SSSR count). The molecule has 4 heteroatoms. The number of aliphatic carboxylic acids is 1. The van der Waals surface area contributed by atoms with E-state index < -0.39 is 11.8 Å². The second kappa shape index (κ2) is 8.46. The molecule has 1 fully saturated rings. The number of hydrogen-bond acceptors (Lipinski definition) is 3. The molecule has 21 heavy (non-hydrogen) atoms. The van der Waals surface area contributed by atoms with Gasteiger partial charge in [0.15, 0.2) is 5.79 Å². The van der Waals surface area contributed by atoms with E-state index in [9.17, 15) is 4.79 Å². The topological polar surface area (TPSA) is 55.8 Å². The predicted octanol–water partition coefficient (Wildman–Crippen LogP) is 3.06. The standard InChI is InChI=1S/C17H22O4/c1-4-5-6-8-11-14-15(21-17(2,3)20-14)12-9-7-10-13-16(18)19/h1,5-9,11,14-15H,10,12-13H2,2-3H3,(H,18,19)/b6-5+,9-7-,11-8+/t14-,15+/m1/s1. The molecule has 0 aliphatic carbocycles. The summed E-state index contributed by atoms with van der Waals surface area (Å²) in [5.41, 5.74) is 0. The van der Waals surface area contributed by atoms with E-state index in [0.29, 0.717) is 12.8 Å². The lowest BCUT2D eigenvalue weighted by molar-refractivity contribution is -0.142. The molecular weight excluding hydrogens is 268 g/mol. The Hall–Kier alpha value is -1.83. The van der Waals surface area contributed by atoms with Gasteiger partial charge < -0.3 is 14.6 Å². The number of hydrogen-bond donors (Lipinski definition) is 1. The van der Waals surface area contributed by atoms with Gasteiger partial charge in [-0.3, -0.25) is 4.79 Å². The molecule has 0 amide bonds. The average molecular weight is 290 g/mol. The van der Waals surface area contributed by atoms with Crippen molar-refractivity contribution in [1.82, 2.24) is 0 Å². The summed E-state index contributed by atoms with van der Waals surface area (Å²) in [6.07, 6.45) is 17.2. The number of carboxylic acids is 1. The van der Waals surface area contributed by atoms with Crippen LogP contribution in [0.15, 0.2) is 36.5 Å². The normalized spacial score (nSPS) is 25.0. The van der Waals surface area contributed by atoms with E-state index in [1.807, 2.05) is 38.2 Å². The zero-order valence-corrected chi connectivity index (χ0v) is 12.5. The first-order valence-corrected chi connectivity index (χ1v) is 6.96. The van der Waals surface area contributed by atoms with Crippen LogP contribution in [0.1, 0.15) is 33.1 Å². The molecule has 0 radical (unpaired) electrons. The Morgan fingerprint density at radius 1 is 1.33 bits per heavy atom. The number of ether oxygens (including phenoxy) is 2. The Labute approximate surface area is 126 Å². The quantitative estimate of drug-likeness (QED) is 0.445. The van der Waals surface area contributed by atoms with Crippen LogP contribution in [0.4, 0.5) is 0 Å². The van der Waals surface area contributed by atoms with E-state index in [-0.39, 0.29) is 18.6 Å². The van der Waals surface area contributed by atoms with Gasteiger partial charge in [0.2, 0.25) is 0 Å². The maximum absolute atomic E-state index is 10.4. The van der Waals surface area contributed by atoms with Gasteiger partial charge in [0.25, 0.3) is 0 Å². The first kappa shape index (κ1) is 17.2. The van der Waals surface area contributed by atoms with Crippen LogP contribution < -0.4 is 0 Å². The molecule has 0 unspecified atom stereocenters. The van der Waals surface area contributed by atoms with Crippen molar-refractivity contribution >= 4 is 5.97 Å². The highest BCUT2D eigenvalue weighted by Crippen LogP contribution is 2.30. The molecule has 0 saturated carbocycles. The zero-order chi connectivity index (χ0) is 15.7. The molecule has 1 aliphatic rings. The van der Waals surface area contributed by atoms with Crippen molar-refractivity contribution in [2.75, 3.05) is 0 Å². The van der Waals surface area contributed by atoms with Crippen molar-refractivity contribution in [3.8, 4) is 12.3 Å². The molecule has 0 spiro atoms. The average Bonchev–Trinajstić information content (AvgIpc) is 2.68. The molecule has 114 valence electrons. The minimum atomic E-state index is -0.789. The predicted molar refractivity (Wildman–Crippen MR) is 81.6 cm³/mol. The van der Waals surface area contributed by atoms with Gasteiger partial charge in [-0.25, -0.2) is 0 Å². The fourth-order valence-electron chi connectivity index (χ4n) is 2.05. The van der Waals surface area contributed by atoms with Crippen molar-refractivity contribution < 1.29 is 19.4 Å². The lowest BCUT2D eigenvalue weighted by Gasteiger charge is -2.16. The minimum Gasteiger partial charge on any atom is -0.481 e. The van der Waals surface area contributed by atoms with Crippen LogP contribution >= 0.6 is 0 Å². The van der Waals surface area contributed by atoms with Gasteiger partial charge in [-0.2, -0.15) is 0 Å². The molecule has 0 aromatic carbocycles. The smallest absolute Gasteiger partial charge is 0.303 e. The first-order valence-electron chi connectivity index (χ1n) is 6.96. The van der Waals surface area contributed by atoms with E-state index in [2.05, 4.69) is 5.92 Å². The van der Waals surface area contributed by atoms with Gasteiger partial charge in [-0.05, 0) is 32.8 Å². The number of carbonyl (C=O) groups is 1. The van der Waals surface area contributed by atoms with E-state index in [0.717, 1.165) is 0 Å². The maximum Gasteiger partial charge on any atom is 0.303 e. The number of rotatable bonds is 7. The summed E-state index contributed by atoms with van der Waals surface area (Å²) in [5.74, 6) is 1.00. The Morgan fingerprint density at radius 2 is 2.10 bits per heavy atom. The van der Waals surface area contributed by atoms with Crippen LogP contribution in [-0.2, 0) is 14.3 Å². The fraction of sp³-hybridized carbons (Fsp3) is 0.471. The molecule has 2 atom stereocenters. The van der Waals surface area contributed by atoms with Gasteiger partial charge in [-0.15, -0.1) is 6.42 Å². The SMILES string of the molecule is C#C/C=C/C=C/[C@H]1OC(C)(C)O[C@H]1C/C=C\CCC(=O)O. The van der Waals surface area contributed by atoms with E-state index in [4.69, 9.17) is 21.0 Å². The van der Waals surface area contributed by atoms with Crippen LogP contribution in [0.25, 0.3) is 0 Å². The number of allylic oxidation sites excluding steroid dienone is 4. The third-order valence-corrected chi connectivity index (χ3v) is 2.89. The highest BCUT2D eigenvalue weighted by atomic mass is 16.7. The van der Waals surface area contributed by atoms with Crippen molar-refractivity contribution in [2.24, 2.45) is 0 Å². The summed E-state index contributed by atoms with van der Waals surface area (Å²) in [7, 11) is 0. The molecule has 1 heterocycles. The molecule has 0 bridgehead atoms. The summed E-state index contributed by atoms with van der Waals surface area (Å²) >= 11 is 0. The van der Waals surface area contributed by atoms with Gasteiger partial charge in [0.05, 0.1) is 6.10 Å². The largest absolute Gasteiger partial charge is 0.481 e. The summed E-state index contributed by atoms with van der Waals surface area (Å²) in [4.78, 5) is 10.4. The minimum absolute atomic E-state index is 0.0865. The molecule has 1 aliphatic heterocycles. The Kier molecular flexibility index (Phi) is 6.93. The van der Waals surface area contributed by atoms with E-state index >= 15 is 0 Å². The maximum atomic E-state index is 10.4. The third-order valence-electron chi connectivity index (χ3n) is 2.89. The summed E-state index contributed by atoms with van der Waals surface area (Å²) in [6.45, 7) is 3.75. The van der Waals surface area contributed by atoms with E-state index in [1.165, 1.54) is 0 Å². The van der Waals surface area contributed by atoms with Crippen LogP contribution in [0, 0.1) is 12.3 Å². The van der Waals surface area contributed by atoms with Crippen LogP contribution in [0.5, 0.6) is 0 Å². The molecule has 0 aromatic heterocycles. The van der Waals surface area contributed by atoms with Crippen LogP contribution in [-0.4, -0.2) is 29.1 Å². The third kappa shape index (κ3) is 6.94. The van der Waals surface area contributed by atoms with Crippen LogP contribution in [0.2, 0.25) is 0 Å². The highest BCUT2D eigenvalue weighted by molar-refractivity contribution is 5.66. The van der Waals surface area contributed by atoms with Crippen LogP contribution in [0.3, 0.4) is 0 Å².